The second kappa shape index (κ2) is 10.4. The fraction of sp³-hybridized carbons (Fsp3) is 0.435. The van der Waals surface area contributed by atoms with Gasteiger partial charge < -0.3 is 14.8 Å². The summed E-state index contributed by atoms with van der Waals surface area (Å²) in [4.78, 5) is 49.4. The highest BCUT2D eigenvalue weighted by molar-refractivity contribution is 8.00. The summed E-state index contributed by atoms with van der Waals surface area (Å²) in [6.07, 6.45) is 4.41. The Hall–Kier alpha value is -2.50. The molecule has 0 saturated heterocycles. The number of esters is 2. The van der Waals surface area contributed by atoms with E-state index in [4.69, 9.17) is 9.47 Å². The number of methoxy groups -OCH3 is 1. The van der Waals surface area contributed by atoms with Gasteiger partial charge in [-0.05, 0) is 57.6 Å². The number of rotatable bonds is 7. The number of nitrogens with one attached hydrogen (secondary N) is 1. The Bertz CT molecular complexity index is 1280. The van der Waals surface area contributed by atoms with Gasteiger partial charge in [0.15, 0.2) is 0 Å². The molecule has 1 amide bonds. The van der Waals surface area contributed by atoms with Crippen molar-refractivity contribution < 1.29 is 23.9 Å². The summed E-state index contributed by atoms with van der Waals surface area (Å²) in [5.41, 5.74) is 1.92. The van der Waals surface area contributed by atoms with Crippen molar-refractivity contribution in [3.63, 3.8) is 0 Å². The second-order valence-electron chi connectivity index (χ2n) is 7.78. The Balaban J connectivity index is 1.57. The third-order valence-corrected chi connectivity index (χ3v) is 8.83. The molecule has 0 radical (unpaired) electrons. The van der Waals surface area contributed by atoms with Crippen molar-refractivity contribution in [2.75, 3.05) is 24.8 Å². The van der Waals surface area contributed by atoms with Gasteiger partial charge in [0, 0.05) is 10.3 Å². The van der Waals surface area contributed by atoms with Crippen LogP contribution in [0.2, 0.25) is 0 Å². The molecule has 0 fully saturated rings. The first-order valence-electron chi connectivity index (χ1n) is 10.9. The number of anilines is 1. The summed E-state index contributed by atoms with van der Waals surface area (Å²) in [6, 6.07) is 0. The average molecular weight is 520 g/mol. The fourth-order valence-corrected chi connectivity index (χ4v) is 7.37. The predicted octanol–water partition coefficient (Wildman–Crippen LogP) is 4.94. The quantitative estimate of drug-likeness (QED) is 0.266. The van der Waals surface area contributed by atoms with E-state index in [1.165, 1.54) is 35.7 Å². The molecule has 3 heterocycles. The van der Waals surface area contributed by atoms with E-state index in [0.717, 1.165) is 45.8 Å². The highest BCUT2D eigenvalue weighted by atomic mass is 32.2. The van der Waals surface area contributed by atoms with E-state index in [-0.39, 0.29) is 33.7 Å². The zero-order valence-corrected chi connectivity index (χ0v) is 21.9. The zero-order valence-electron chi connectivity index (χ0n) is 19.4. The van der Waals surface area contributed by atoms with Crippen molar-refractivity contribution in [3.05, 3.63) is 32.3 Å². The van der Waals surface area contributed by atoms with Crippen LogP contribution in [-0.2, 0) is 27.1 Å². The summed E-state index contributed by atoms with van der Waals surface area (Å²) >= 11 is 4.09. The number of aromatic nitrogens is 2. The van der Waals surface area contributed by atoms with E-state index >= 15 is 0 Å². The van der Waals surface area contributed by atoms with Gasteiger partial charge in [-0.2, -0.15) is 0 Å². The Kier molecular flexibility index (Phi) is 7.54. The fourth-order valence-electron chi connectivity index (χ4n) is 3.96. The molecule has 3 aromatic rings. The van der Waals surface area contributed by atoms with Crippen molar-refractivity contribution in [1.82, 2.24) is 9.97 Å². The first-order valence-corrected chi connectivity index (χ1v) is 13.6. The molecule has 0 unspecified atom stereocenters. The highest BCUT2D eigenvalue weighted by Crippen LogP contribution is 2.40. The summed E-state index contributed by atoms with van der Waals surface area (Å²) in [5.74, 6) is -0.684. The molecular weight excluding hydrogens is 494 g/mol. The summed E-state index contributed by atoms with van der Waals surface area (Å²) in [5, 5.41) is 4.94. The molecule has 0 saturated carbocycles. The lowest BCUT2D eigenvalue weighted by atomic mass is 9.97. The highest BCUT2D eigenvalue weighted by Gasteiger charge is 2.27. The minimum Gasteiger partial charge on any atom is -0.465 e. The monoisotopic (exact) mass is 519 g/mol. The summed E-state index contributed by atoms with van der Waals surface area (Å²) < 4.78 is 9.95. The average Bonchev–Trinajstić information content (AvgIpc) is 3.34. The number of ether oxygens (including phenoxy) is 2. The third kappa shape index (κ3) is 4.82. The first-order chi connectivity index (χ1) is 16.3. The van der Waals surface area contributed by atoms with Crippen molar-refractivity contribution in [3.8, 4) is 0 Å². The van der Waals surface area contributed by atoms with Crippen LogP contribution in [0.3, 0.4) is 0 Å². The van der Waals surface area contributed by atoms with Gasteiger partial charge in [-0.25, -0.2) is 19.6 Å². The van der Waals surface area contributed by atoms with Crippen molar-refractivity contribution in [2.45, 2.75) is 51.5 Å². The van der Waals surface area contributed by atoms with Crippen molar-refractivity contribution >= 4 is 67.5 Å². The number of amides is 1. The van der Waals surface area contributed by atoms with Crippen LogP contribution in [0, 0.1) is 13.8 Å². The number of aryl methyl sites for hydroxylation is 3. The molecule has 0 aliphatic heterocycles. The molecule has 0 bridgehead atoms. The lowest BCUT2D eigenvalue weighted by Gasteiger charge is -2.12. The van der Waals surface area contributed by atoms with Crippen molar-refractivity contribution in [2.24, 2.45) is 0 Å². The minimum absolute atomic E-state index is 0.100. The third-order valence-electron chi connectivity index (χ3n) is 5.48. The van der Waals surface area contributed by atoms with Gasteiger partial charge in [0.2, 0.25) is 5.91 Å². The first kappa shape index (κ1) is 24.6. The van der Waals surface area contributed by atoms with Crippen LogP contribution in [0.4, 0.5) is 5.00 Å². The molecule has 34 heavy (non-hydrogen) atoms. The van der Waals surface area contributed by atoms with E-state index in [9.17, 15) is 14.4 Å². The van der Waals surface area contributed by atoms with Crippen LogP contribution in [0.25, 0.3) is 10.2 Å². The van der Waals surface area contributed by atoms with Crippen LogP contribution in [0.5, 0.6) is 0 Å². The number of thiophene rings is 2. The van der Waals surface area contributed by atoms with Crippen LogP contribution in [0.1, 0.15) is 61.6 Å². The molecule has 0 aromatic carbocycles. The Morgan fingerprint density at radius 1 is 1.09 bits per heavy atom. The maximum absolute atomic E-state index is 12.9. The number of nitrogens with zero attached hydrogens (tertiary/aromatic N) is 2. The van der Waals surface area contributed by atoms with Gasteiger partial charge in [-0.3, -0.25) is 4.79 Å². The van der Waals surface area contributed by atoms with Crippen molar-refractivity contribution in [1.29, 1.82) is 0 Å². The molecule has 0 atom stereocenters. The van der Waals surface area contributed by atoms with E-state index in [1.54, 1.807) is 25.2 Å². The Morgan fingerprint density at radius 2 is 1.85 bits per heavy atom. The lowest BCUT2D eigenvalue weighted by Crippen LogP contribution is -2.16. The molecule has 1 N–H and O–H groups in total. The van der Waals surface area contributed by atoms with Gasteiger partial charge in [0.05, 0.1) is 25.0 Å². The zero-order chi connectivity index (χ0) is 24.4. The topological polar surface area (TPSA) is 107 Å². The van der Waals surface area contributed by atoms with Gasteiger partial charge in [-0.15, -0.1) is 22.7 Å². The van der Waals surface area contributed by atoms with E-state index in [1.807, 2.05) is 6.92 Å². The van der Waals surface area contributed by atoms with Gasteiger partial charge >= 0.3 is 11.9 Å². The Labute approximate surface area is 209 Å². The van der Waals surface area contributed by atoms with Crippen LogP contribution < -0.4 is 5.32 Å². The minimum atomic E-state index is -0.590. The van der Waals surface area contributed by atoms with Gasteiger partial charge in [0.1, 0.15) is 25.6 Å². The van der Waals surface area contributed by atoms with E-state index in [0.29, 0.717) is 11.4 Å². The van der Waals surface area contributed by atoms with Gasteiger partial charge in [-0.1, -0.05) is 11.8 Å². The summed E-state index contributed by atoms with van der Waals surface area (Å²) in [6.45, 7) is 5.37. The molecule has 4 rings (SSSR count). The predicted molar refractivity (Wildman–Crippen MR) is 134 cm³/mol. The van der Waals surface area contributed by atoms with E-state index < -0.39 is 11.9 Å². The Morgan fingerprint density at radius 3 is 2.59 bits per heavy atom. The van der Waals surface area contributed by atoms with Crippen LogP contribution >= 0.6 is 34.4 Å². The molecule has 8 nitrogen and oxygen atoms in total. The number of hydrogen-bond acceptors (Lipinski definition) is 10. The molecule has 1 aliphatic rings. The molecule has 0 spiro atoms. The standard InChI is InChI=1S/C23H25N3O5S3/c1-5-31-22(28)16-11(2)18(23(29)30-4)34-20(16)26-15(27)10-32-19-17-13-8-6-7-9-14(13)33-21(17)25-12(3)24-19/h5-10H2,1-4H3,(H,26,27). The normalized spacial score (nSPS) is 12.9. The number of carbonyl (C=O) groups is 3. The van der Waals surface area contributed by atoms with Gasteiger partial charge in [0.25, 0.3) is 0 Å². The molecule has 11 heteroatoms. The smallest absolute Gasteiger partial charge is 0.348 e. The SMILES string of the molecule is CCOC(=O)c1c(NC(=O)CSc2nc(C)nc3sc4c(c23)CCCC4)sc(C(=O)OC)c1C. The molecule has 180 valence electrons. The number of carbonyl (C=O) groups excluding carboxylic acids is 3. The maximum Gasteiger partial charge on any atom is 0.348 e. The van der Waals surface area contributed by atoms with Crippen LogP contribution in [-0.4, -0.2) is 47.3 Å². The molecular formula is C23H25N3O5S3. The largest absolute Gasteiger partial charge is 0.465 e. The number of thioether (sulfide) groups is 1. The second-order valence-corrected chi connectivity index (χ2v) is 10.8. The van der Waals surface area contributed by atoms with Crippen LogP contribution in [0.15, 0.2) is 5.03 Å². The summed E-state index contributed by atoms with van der Waals surface area (Å²) in [7, 11) is 1.27. The number of hydrogen-bond donors (Lipinski definition) is 1. The molecule has 1 aliphatic carbocycles. The lowest BCUT2D eigenvalue weighted by molar-refractivity contribution is -0.113. The number of fused-ring (bicyclic) bond motifs is 3. The maximum atomic E-state index is 12.9. The molecule has 3 aromatic heterocycles. The van der Waals surface area contributed by atoms with E-state index in [2.05, 4.69) is 15.3 Å².